The van der Waals surface area contributed by atoms with Gasteiger partial charge in [-0.3, -0.25) is 34.0 Å². The number of hydrogen-bond acceptors (Lipinski definition) is 10. The number of halogens is 2. The number of imide groups is 1. The van der Waals surface area contributed by atoms with Gasteiger partial charge in [0, 0.05) is 98.3 Å². The van der Waals surface area contributed by atoms with Crippen LogP contribution in [0.15, 0.2) is 48.2 Å². The zero-order chi connectivity index (χ0) is 41.9. The molecule has 2 aromatic heterocycles. The van der Waals surface area contributed by atoms with Gasteiger partial charge >= 0.3 is 0 Å². The van der Waals surface area contributed by atoms with Gasteiger partial charge < -0.3 is 25.6 Å². The first-order valence-corrected chi connectivity index (χ1v) is 21.0. The van der Waals surface area contributed by atoms with Crippen LogP contribution in [0.25, 0.3) is 17.0 Å². The summed E-state index contributed by atoms with van der Waals surface area (Å²) in [4.78, 5) is 44.4. The van der Waals surface area contributed by atoms with E-state index in [2.05, 4.69) is 36.6 Å². The molecule has 16 heteroatoms. The quantitative estimate of drug-likeness (QED) is 0.172. The number of nitrogens with one attached hydrogen (secondary N) is 3. The highest BCUT2D eigenvalue weighted by Gasteiger charge is 2.36. The lowest BCUT2D eigenvalue weighted by atomic mass is 9.89. The van der Waals surface area contributed by atoms with Crippen molar-refractivity contribution in [2.45, 2.75) is 76.0 Å². The topological polar surface area (TPSA) is 164 Å². The maximum atomic E-state index is 15.1. The first kappa shape index (κ1) is 39.8. The van der Waals surface area contributed by atoms with E-state index in [0.717, 1.165) is 82.4 Å². The summed E-state index contributed by atoms with van der Waals surface area (Å²) < 4.78 is 33.9. The summed E-state index contributed by atoms with van der Waals surface area (Å²) in [6.07, 6.45) is 8.11. The highest BCUT2D eigenvalue weighted by atomic mass is 19.1. The summed E-state index contributed by atoms with van der Waals surface area (Å²) in [7, 11) is 0. The van der Waals surface area contributed by atoms with Crippen molar-refractivity contribution in [3.05, 3.63) is 82.3 Å². The van der Waals surface area contributed by atoms with Crippen molar-refractivity contribution in [3.63, 3.8) is 0 Å². The van der Waals surface area contributed by atoms with Crippen molar-refractivity contribution >= 4 is 46.1 Å². The number of amides is 3. The number of rotatable bonds is 9. The van der Waals surface area contributed by atoms with Gasteiger partial charge in [-0.05, 0) is 88.4 Å². The molecule has 3 saturated heterocycles. The Kier molecular flexibility index (Phi) is 10.5. The second-order valence-corrected chi connectivity index (χ2v) is 17.6. The Labute approximate surface area is 346 Å². The normalized spacial score (nSPS) is 23.0. The van der Waals surface area contributed by atoms with Crippen LogP contribution < -0.4 is 21.0 Å². The molecule has 1 aliphatic carbocycles. The fourth-order valence-corrected chi connectivity index (χ4v) is 9.77. The Morgan fingerprint density at radius 3 is 2.40 bits per heavy atom. The monoisotopic (exact) mass is 820 g/mol. The van der Waals surface area contributed by atoms with Gasteiger partial charge in [0.25, 0.3) is 5.91 Å². The SMILES string of the molecule is CC(C)(O)c1cc2nn([C@H]3CC[C@H](N4CCN(CC5CN(c6cc(F)c([C@H]7CCC(=O)NC7=O)c(F)c6)C5)CC4)CC3)cc2cc1NC(=O)c1ccc2n1NCC(C#N)=C2. The molecule has 0 unspecified atom stereocenters. The predicted molar refractivity (Wildman–Crippen MR) is 222 cm³/mol. The number of nitriles is 1. The lowest BCUT2D eigenvalue weighted by Gasteiger charge is -2.46. The molecule has 2 aromatic carbocycles. The van der Waals surface area contributed by atoms with Crippen molar-refractivity contribution in [2.75, 3.05) is 68.0 Å². The van der Waals surface area contributed by atoms with Gasteiger partial charge in [-0.2, -0.15) is 10.4 Å². The molecule has 1 saturated carbocycles. The third-order valence-electron chi connectivity index (χ3n) is 13.1. The summed E-state index contributed by atoms with van der Waals surface area (Å²) >= 11 is 0. The predicted octanol–water partition coefficient (Wildman–Crippen LogP) is 4.82. The third kappa shape index (κ3) is 7.77. The molecule has 5 aliphatic rings. The number of carbonyl (C=O) groups excluding carboxylic acids is 3. The largest absolute Gasteiger partial charge is 0.386 e. The number of nitrogens with zero attached hydrogens (tertiary/aromatic N) is 7. The van der Waals surface area contributed by atoms with Gasteiger partial charge in [0.15, 0.2) is 0 Å². The molecule has 6 heterocycles. The van der Waals surface area contributed by atoms with E-state index in [4.69, 9.17) is 5.10 Å². The first-order chi connectivity index (χ1) is 28.8. The maximum absolute atomic E-state index is 15.1. The fraction of sp³-hybridized carbons (Fsp3) is 0.477. The molecular weight excluding hydrogens is 771 g/mol. The minimum absolute atomic E-state index is 0.0621. The number of hydrogen-bond donors (Lipinski definition) is 4. The summed E-state index contributed by atoms with van der Waals surface area (Å²) in [5, 5.41) is 31.5. The van der Waals surface area contributed by atoms with Crippen LogP contribution in [0.2, 0.25) is 0 Å². The number of benzene rings is 2. The van der Waals surface area contributed by atoms with Gasteiger partial charge in [-0.1, -0.05) is 0 Å². The molecule has 4 aromatic rings. The number of piperidine rings is 1. The molecule has 4 aliphatic heterocycles. The minimum Gasteiger partial charge on any atom is -0.386 e. The first-order valence-electron chi connectivity index (χ1n) is 21.0. The van der Waals surface area contributed by atoms with Gasteiger partial charge in [0.1, 0.15) is 17.3 Å². The molecular formula is C44H50F2N10O4. The van der Waals surface area contributed by atoms with Crippen LogP contribution in [0.1, 0.15) is 91.6 Å². The molecule has 1 atom stereocenters. The van der Waals surface area contributed by atoms with E-state index >= 15 is 8.78 Å². The smallest absolute Gasteiger partial charge is 0.274 e. The van der Waals surface area contributed by atoms with E-state index in [1.807, 2.05) is 23.2 Å². The number of fused-ring (bicyclic) bond motifs is 2. The van der Waals surface area contributed by atoms with Gasteiger partial charge in [-0.15, -0.1) is 0 Å². The van der Waals surface area contributed by atoms with Crippen LogP contribution in [0, 0.1) is 28.9 Å². The number of anilines is 2. The lowest BCUT2D eigenvalue weighted by Crippen LogP contribution is -2.56. The lowest BCUT2D eigenvalue weighted by molar-refractivity contribution is -0.134. The summed E-state index contributed by atoms with van der Waals surface area (Å²) in [5.74, 6) is -3.49. The molecule has 9 rings (SSSR count). The highest BCUT2D eigenvalue weighted by molar-refractivity contribution is 6.05. The summed E-state index contributed by atoms with van der Waals surface area (Å²) in [6, 6.07) is 12.8. The Balaban J connectivity index is 0.762. The zero-order valence-electron chi connectivity index (χ0n) is 33.9. The highest BCUT2D eigenvalue weighted by Crippen LogP contribution is 2.37. The van der Waals surface area contributed by atoms with E-state index in [1.54, 1.807) is 36.7 Å². The number of carbonyl (C=O) groups is 3. The molecule has 4 N–H and O–H groups in total. The maximum Gasteiger partial charge on any atom is 0.274 e. The van der Waals surface area contributed by atoms with Crippen molar-refractivity contribution in [3.8, 4) is 6.07 Å². The van der Waals surface area contributed by atoms with Crippen LogP contribution in [0.3, 0.4) is 0 Å². The number of aromatic nitrogens is 3. The van der Waals surface area contributed by atoms with Crippen molar-refractivity contribution in [1.29, 1.82) is 5.26 Å². The van der Waals surface area contributed by atoms with Gasteiger partial charge in [0.05, 0.1) is 47.0 Å². The average Bonchev–Trinajstić information content (AvgIpc) is 3.83. The van der Waals surface area contributed by atoms with E-state index in [9.17, 15) is 24.8 Å². The van der Waals surface area contributed by atoms with Crippen LogP contribution >= 0.6 is 0 Å². The molecule has 0 radical (unpaired) electrons. The zero-order valence-corrected chi connectivity index (χ0v) is 33.9. The Morgan fingerprint density at radius 2 is 1.72 bits per heavy atom. The minimum atomic E-state index is -1.24. The van der Waals surface area contributed by atoms with E-state index < -0.39 is 35.0 Å². The van der Waals surface area contributed by atoms with Gasteiger partial charge in [-0.25, -0.2) is 8.78 Å². The standard InChI is InChI=1S/C44H50F2N10O4/c1-44(2,60)34-19-37-28(16-38(34)49-43(59)39-9-7-31-15-26(20-47)21-48-56(31)39)25-55(51-37)30-5-3-29(4-6-30)53-13-11-52(12-14-53)22-27-23-54(24-27)32-17-35(45)41(36(46)18-32)33-8-10-40(57)50-42(33)58/h7,9,15-19,25,27,29-30,33,48,60H,3-6,8,10-14,21-24H2,1-2H3,(H,49,59)(H,50,57,58)/t29-,30-,33-/m1/s1. The van der Waals surface area contributed by atoms with Crippen molar-refractivity contribution in [2.24, 2.45) is 5.92 Å². The Bertz CT molecular complexity index is 2400. The molecule has 3 amide bonds. The molecule has 314 valence electrons. The van der Waals surface area contributed by atoms with E-state index in [-0.39, 0.29) is 30.4 Å². The van der Waals surface area contributed by atoms with Crippen LogP contribution in [-0.2, 0) is 15.2 Å². The fourth-order valence-electron chi connectivity index (χ4n) is 9.77. The van der Waals surface area contributed by atoms with E-state index in [0.29, 0.717) is 52.4 Å². The van der Waals surface area contributed by atoms with Crippen LogP contribution in [-0.4, -0.2) is 105 Å². The number of piperazine rings is 1. The summed E-state index contributed by atoms with van der Waals surface area (Å²) in [6.45, 7) is 10.1. The summed E-state index contributed by atoms with van der Waals surface area (Å²) in [5.41, 5.74) is 5.63. The Hall–Kier alpha value is -5.63. The number of aliphatic hydroxyl groups is 1. The second kappa shape index (κ2) is 15.8. The van der Waals surface area contributed by atoms with Crippen molar-refractivity contribution < 1.29 is 28.3 Å². The molecule has 4 fully saturated rings. The van der Waals surface area contributed by atoms with Gasteiger partial charge in [0.2, 0.25) is 11.8 Å². The molecule has 0 spiro atoms. The molecule has 14 nitrogen and oxygen atoms in total. The molecule has 60 heavy (non-hydrogen) atoms. The van der Waals surface area contributed by atoms with E-state index in [1.165, 1.54) is 12.1 Å². The van der Waals surface area contributed by atoms with Crippen molar-refractivity contribution in [1.82, 2.24) is 29.6 Å². The second-order valence-electron chi connectivity index (χ2n) is 17.6. The average molecular weight is 821 g/mol. The molecule has 0 bridgehead atoms. The van der Waals surface area contributed by atoms with Crippen LogP contribution in [0.5, 0.6) is 0 Å². The third-order valence-corrected chi connectivity index (χ3v) is 13.1. The van der Waals surface area contributed by atoms with Crippen LogP contribution in [0.4, 0.5) is 20.2 Å². The Morgan fingerprint density at radius 1 is 1.00 bits per heavy atom.